The SMILES string of the molecule is CC1OCC2(CO1)COC(C)OC2.CCc1nc(C)nc(CC)n1.Cn1c(=O)n(C)c(=O)n(C)c1=O. The van der Waals surface area contributed by atoms with Gasteiger partial charge < -0.3 is 18.9 Å². The molecule has 0 amide bonds. The van der Waals surface area contributed by atoms with Crippen LogP contribution in [-0.4, -0.2) is 67.7 Å². The first-order valence-corrected chi connectivity index (χ1v) is 11.9. The summed E-state index contributed by atoms with van der Waals surface area (Å²) in [6.45, 7) is 12.5. The highest BCUT2D eigenvalue weighted by Gasteiger charge is 2.40. The number of hydrogen-bond donors (Lipinski definition) is 0. The Balaban J connectivity index is 0.000000191. The Morgan fingerprint density at radius 3 is 1.28 bits per heavy atom. The molecule has 0 saturated carbocycles. The lowest BCUT2D eigenvalue weighted by molar-refractivity contribution is -0.294. The summed E-state index contributed by atoms with van der Waals surface area (Å²) in [6, 6.07) is 0. The van der Waals surface area contributed by atoms with Crippen LogP contribution in [0.2, 0.25) is 0 Å². The molecule has 0 aliphatic carbocycles. The van der Waals surface area contributed by atoms with Crippen LogP contribution >= 0.6 is 0 Å². The topological polar surface area (TPSA) is 142 Å². The fraction of sp³-hybridized carbons (Fsp3) is 0.739. The van der Waals surface area contributed by atoms with E-state index in [0.717, 1.165) is 44.0 Å². The molecular formula is C23H38N6O7. The molecule has 2 fully saturated rings. The second-order valence-electron chi connectivity index (χ2n) is 8.83. The van der Waals surface area contributed by atoms with Gasteiger partial charge in [-0.25, -0.2) is 43.0 Å². The fourth-order valence-corrected chi connectivity index (χ4v) is 3.36. The van der Waals surface area contributed by atoms with Crippen LogP contribution in [0.4, 0.5) is 0 Å². The molecule has 2 aromatic rings. The molecule has 2 aromatic heterocycles. The highest BCUT2D eigenvalue weighted by atomic mass is 16.7. The van der Waals surface area contributed by atoms with E-state index >= 15 is 0 Å². The van der Waals surface area contributed by atoms with E-state index in [1.807, 2.05) is 34.6 Å². The Kier molecular flexibility index (Phi) is 10.6. The largest absolute Gasteiger partial charge is 0.352 e. The predicted molar refractivity (Wildman–Crippen MR) is 131 cm³/mol. The maximum Gasteiger partial charge on any atom is 0.335 e. The Morgan fingerprint density at radius 2 is 1.00 bits per heavy atom. The molecule has 1 spiro atoms. The van der Waals surface area contributed by atoms with Gasteiger partial charge in [0.05, 0.1) is 31.8 Å². The van der Waals surface area contributed by atoms with Gasteiger partial charge in [0.1, 0.15) is 17.5 Å². The van der Waals surface area contributed by atoms with Crippen LogP contribution in [0.25, 0.3) is 0 Å². The van der Waals surface area contributed by atoms with E-state index in [1.165, 1.54) is 21.1 Å². The molecule has 0 unspecified atom stereocenters. The van der Waals surface area contributed by atoms with Gasteiger partial charge in [-0.2, -0.15) is 0 Å². The summed E-state index contributed by atoms with van der Waals surface area (Å²) in [5.41, 5.74) is -1.90. The number of aromatic nitrogens is 6. The second kappa shape index (κ2) is 13.0. The molecule has 4 heterocycles. The molecule has 0 bridgehead atoms. The van der Waals surface area contributed by atoms with Gasteiger partial charge in [-0.1, -0.05) is 13.8 Å². The smallest absolute Gasteiger partial charge is 0.335 e. The number of nitrogens with zero attached hydrogens (tertiary/aromatic N) is 6. The summed E-state index contributed by atoms with van der Waals surface area (Å²) >= 11 is 0. The zero-order chi connectivity index (χ0) is 27.0. The van der Waals surface area contributed by atoms with E-state index in [2.05, 4.69) is 15.0 Å². The lowest BCUT2D eigenvalue weighted by Crippen LogP contribution is -2.51. The maximum atomic E-state index is 11.1. The Labute approximate surface area is 210 Å². The van der Waals surface area contributed by atoms with Crippen molar-refractivity contribution >= 4 is 0 Å². The van der Waals surface area contributed by atoms with Crippen molar-refractivity contribution in [3.63, 3.8) is 0 Å². The van der Waals surface area contributed by atoms with Gasteiger partial charge in [0.25, 0.3) is 0 Å². The molecule has 4 rings (SSSR count). The molecule has 13 heteroatoms. The van der Waals surface area contributed by atoms with Crippen LogP contribution in [0, 0.1) is 12.3 Å². The number of rotatable bonds is 2. The lowest BCUT2D eigenvalue weighted by atomic mass is 9.91. The standard InChI is InChI=1S/C9H16O4.C8H13N3.C6H9N3O3/c1-7-10-3-9(4-11-7)5-12-8(2)13-6-9;1-4-7-9-6(3)10-8(5-2)11-7;1-7-4(10)8(2)6(12)9(3)5(7)11/h7-8H,3-6H2,1-2H3;4-5H2,1-3H3;1-3H3. The molecule has 2 saturated heterocycles. The van der Waals surface area contributed by atoms with E-state index in [4.69, 9.17) is 18.9 Å². The number of ether oxygens (including phenoxy) is 4. The van der Waals surface area contributed by atoms with Crippen LogP contribution < -0.4 is 17.1 Å². The summed E-state index contributed by atoms with van der Waals surface area (Å²) in [5, 5.41) is 0. The van der Waals surface area contributed by atoms with Crippen molar-refractivity contribution < 1.29 is 18.9 Å². The Hall–Kier alpha value is -2.74. The van der Waals surface area contributed by atoms with Crippen molar-refractivity contribution in [2.24, 2.45) is 26.6 Å². The monoisotopic (exact) mass is 510 g/mol. The first-order valence-electron chi connectivity index (χ1n) is 11.9. The molecule has 2 aliphatic heterocycles. The molecule has 0 N–H and O–H groups in total. The summed E-state index contributed by atoms with van der Waals surface area (Å²) in [4.78, 5) is 45.8. The third-order valence-electron chi connectivity index (χ3n) is 5.69. The summed E-state index contributed by atoms with van der Waals surface area (Å²) < 4.78 is 24.3. The lowest BCUT2D eigenvalue weighted by Gasteiger charge is -2.42. The number of hydrogen-bond acceptors (Lipinski definition) is 10. The van der Waals surface area contributed by atoms with Gasteiger partial charge in [0.2, 0.25) is 0 Å². The van der Waals surface area contributed by atoms with Crippen LogP contribution in [0.5, 0.6) is 0 Å². The minimum Gasteiger partial charge on any atom is -0.352 e. The molecule has 13 nitrogen and oxygen atoms in total. The zero-order valence-electron chi connectivity index (χ0n) is 22.4. The third kappa shape index (κ3) is 7.63. The maximum absolute atomic E-state index is 11.1. The second-order valence-corrected chi connectivity index (χ2v) is 8.83. The van der Waals surface area contributed by atoms with Gasteiger partial charge in [-0.15, -0.1) is 0 Å². The zero-order valence-corrected chi connectivity index (χ0v) is 22.4. The normalized spacial score (nSPS) is 23.3. The van der Waals surface area contributed by atoms with Crippen LogP contribution in [0.3, 0.4) is 0 Å². The quantitative estimate of drug-likeness (QED) is 0.535. The minimum absolute atomic E-state index is 0.0704. The van der Waals surface area contributed by atoms with E-state index in [1.54, 1.807) is 0 Å². The van der Waals surface area contributed by atoms with Crippen molar-refractivity contribution in [1.29, 1.82) is 0 Å². The molecule has 202 valence electrons. The highest BCUT2D eigenvalue weighted by Crippen LogP contribution is 2.29. The third-order valence-corrected chi connectivity index (χ3v) is 5.69. The fourth-order valence-electron chi connectivity index (χ4n) is 3.36. The van der Waals surface area contributed by atoms with Crippen molar-refractivity contribution in [3.8, 4) is 0 Å². The molecule has 36 heavy (non-hydrogen) atoms. The molecule has 0 aromatic carbocycles. The first kappa shape index (κ1) is 29.5. The summed E-state index contributed by atoms with van der Waals surface area (Å²) in [5.74, 6) is 2.62. The van der Waals surface area contributed by atoms with Crippen molar-refractivity contribution in [2.45, 2.75) is 60.0 Å². The predicted octanol–water partition coefficient (Wildman–Crippen LogP) is -0.154. The van der Waals surface area contributed by atoms with E-state index < -0.39 is 17.1 Å². The first-order chi connectivity index (χ1) is 16.9. The molecular weight excluding hydrogens is 472 g/mol. The summed E-state index contributed by atoms with van der Waals surface area (Å²) in [7, 11) is 3.97. The van der Waals surface area contributed by atoms with Gasteiger partial charge >= 0.3 is 17.1 Å². The van der Waals surface area contributed by atoms with Crippen molar-refractivity contribution in [3.05, 3.63) is 48.9 Å². The van der Waals surface area contributed by atoms with Crippen molar-refractivity contribution in [1.82, 2.24) is 28.7 Å². The van der Waals surface area contributed by atoms with Gasteiger partial charge in [0.15, 0.2) is 12.6 Å². The van der Waals surface area contributed by atoms with Gasteiger partial charge in [-0.3, -0.25) is 0 Å². The average Bonchev–Trinajstić information content (AvgIpc) is 2.89. The van der Waals surface area contributed by atoms with E-state index in [9.17, 15) is 14.4 Å². The van der Waals surface area contributed by atoms with Crippen molar-refractivity contribution in [2.75, 3.05) is 26.4 Å². The number of aryl methyl sites for hydroxylation is 3. The van der Waals surface area contributed by atoms with Crippen LogP contribution in [0.1, 0.15) is 45.2 Å². The van der Waals surface area contributed by atoms with E-state index in [0.29, 0.717) is 26.4 Å². The minimum atomic E-state index is -0.608. The van der Waals surface area contributed by atoms with Gasteiger partial charge in [0, 0.05) is 34.0 Å². The van der Waals surface area contributed by atoms with Gasteiger partial charge in [-0.05, 0) is 20.8 Å². The van der Waals surface area contributed by atoms with Crippen LogP contribution in [-0.2, 0) is 52.9 Å². The average molecular weight is 511 g/mol. The van der Waals surface area contributed by atoms with E-state index in [-0.39, 0.29) is 18.0 Å². The molecule has 0 radical (unpaired) electrons. The molecule has 0 atom stereocenters. The van der Waals surface area contributed by atoms with Crippen LogP contribution in [0.15, 0.2) is 14.4 Å². The Morgan fingerprint density at radius 1 is 0.694 bits per heavy atom. The Bertz CT molecular complexity index is 1030. The summed E-state index contributed by atoms with van der Waals surface area (Å²) in [6.07, 6.45) is 1.59. The highest BCUT2D eigenvalue weighted by molar-refractivity contribution is 4.95. The molecule has 2 aliphatic rings.